The predicted octanol–water partition coefficient (Wildman–Crippen LogP) is 0.351. The molecule has 0 amide bonds. The summed E-state index contributed by atoms with van der Waals surface area (Å²) in [6, 6.07) is 0. The van der Waals surface area contributed by atoms with Gasteiger partial charge in [0, 0.05) is 19.0 Å². The fourth-order valence-corrected chi connectivity index (χ4v) is 4.01. The van der Waals surface area contributed by atoms with Crippen LogP contribution < -0.4 is 0 Å². The number of hydrogen-bond acceptors (Lipinski definition) is 5. The first-order valence-corrected chi connectivity index (χ1v) is 6.93. The molecule has 2 aliphatic rings. The Balaban J connectivity index is 1.74. The fourth-order valence-electron chi connectivity index (χ4n) is 2.11. The van der Waals surface area contributed by atoms with E-state index in [9.17, 15) is 8.42 Å². The van der Waals surface area contributed by atoms with Crippen molar-refractivity contribution >= 4 is 10.0 Å². The fraction of sp³-hybridized carbons (Fsp3) is 0.778. The summed E-state index contributed by atoms with van der Waals surface area (Å²) in [4.78, 5) is 3.98. The predicted molar refractivity (Wildman–Crippen MR) is 55.2 cm³/mol. The maximum atomic E-state index is 12.0. The zero-order chi connectivity index (χ0) is 11.2. The van der Waals surface area contributed by atoms with Crippen molar-refractivity contribution < 1.29 is 12.9 Å². The largest absolute Gasteiger partial charge is 0.343 e. The molecule has 0 spiro atoms. The van der Waals surface area contributed by atoms with Crippen LogP contribution in [0.2, 0.25) is 0 Å². The monoisotopic (exact) mass is 243 g/mol. The third kappa shape index (κ3) is 1.63. The molecule has 16 heavy (non-hydrogen) atoms. The Hall–Kier alpha value is -0.950. The Morgan fingerprint density at radius 1 is 1.38 bits per heavy atom. The van der Waals surface area contributed by atoms with E-state index in [1.54, 1.807) is 4.31 Å². The quantitative estimate of drug-likeness (QED) is 0.765. The lowest BCUT2D eigenvalue weighted by Gasteiger charge is -2.15. The molecule has 1 aromatic heterocycles. The van der Waals surface area contributed by atoms with Gasteiger partial charge in [0.1, 0.15) is 0 Å². The highest BCUT2D eigenvalue weighted by atomic mass is 32.2. The number of rotatable bonds is 3. The minimum atomic E-state index is -3.04. The van der Waals surface area contributed by atoms with E-state index >= 15 is 0 Å². The average Bonchev–Trinajstić information content (AvgIpc) is 2.82. The molecule has 1 aliphatic carbocycles. The maximum absolute atomic E-state index is 12.0. The standard InChI is InChI=1S/C9H13N3O3S/c13-16(14,8-1-2-8)12-4-3-7(5-12)9-10-6-15-11-9/h6-8H,1-5H2/t7-/m0/s1. The maximum Gasteiger partial charge on any atom is 0.217 e. The molecular formula is C9H13N3O3S. The van der Waals surface area contributed by atoms with Crippen molar-refractivity contribution in [1.82, 2.24) is 14.4 Å². The molecule has 0 aromatic carbocycles. The van der Waals surface area contributed by atoms with Gasteiger partial charge < -0.3 is 4.52 Å². The third-order valence-electron chi connectivity index (χ3n) is 3.20. The van der Waals surface area contributed by atoms with Crippen molar-refractivity contribution in [1.29, 1.82) is 0 Å². The summed E-state index contributed by atoms with van der Waals surface area (Å²) in [6.45, 7) is 1.08. The molecule has 1 saturated carbocycles. The number of hydrogen-bond donors (Lipinski definition) is 0. The van der Waals surface area contributed by atoms with Gasteiger partial charge in [-0.3, -0.25) is 0 Å². The highest BCUT2D eigenvalue weighted by molar-refractivity contribution is 7.90. The zero-order valence-corrected chi connectivity index (χ0v) is 9.56. The Labute approximate surface area is 93.7 Å². The van der Waals surface area contributed by atoms with Crippen molar-refractivity contribution in [3.8, 4) is 0 Å². The smallest absolute Gasteiger partial charge is 0.217 e. The van der Waals surface area contributed by atoms with E-state index in [1.807, 2.05) is 0 Å². The summed E-state index contributed by atoms with van der Waals surface area (Å²) < 4.78 is 30.2. The van der Waals surface area contributed by atoms with E-state index in [0.717, 1.165) is 19.3 Å². The Kier molecular flexibility index (Phi) is 2.25. The number of aromatic nitrogens is 2. The van der Waals surface area contributed by atoms with Gasteiger partial charge in [-0.25, -0.2) is 12.7 Å². The van der Waals surface area contributed by atoms with Crippen LogP contribution in [0.15, 0.2) is 10.9 Å². The summed E-state index contributed by atoms with van der Waals surface area (Å²) in [5.74, 6) is 0.709. The van der Waals surface area contributed by atoms with Crippen LogP contribution >= 0.6 is 0 Å². The first-order chi connectivity index (χ1) is 7.68. The molecule has 88 valence electrons. The van der Waals surface area contributed by atoms with Crippen LogP contribution in [0, 0.1) is 0 Å². The molecule has 6 nitrogen and oxygen atoms in total. The van der Waals surface area contributed by atoms with E-state index in [4.69, 9.17) is 0 Å². The molecular weight excluding hydrogens is 230 g/mol. The average molecular weight is 243 g/mol. The summed E-state index contributed by atoms with van der Waals surface area (Å²) in [5.41, 5.74) is 0. The number of nitrogens with zero attached hydrogens (tertiary/aromatic N) is 3. The van der Waals surface area contributed by atoms with Crippen LogP contribution in [0.4, 0.5) is 0 Å². The molecule has 0 bridgehead atoms. The highest BCUT2D eigenvalue weighted by Crippen LogP contribution is 2.35. The zero-order valence-electron chi connectivity index (χ0n) is 8.74. The minimum absolute atomic E-state index is 0.0901. The summed E-state index contributed by atoms with van der Waals surface area (Å²) in [6.07, 6.45) is 3.69. The Morgan fingerprint density at radius 3 is 2.81 bits per heavy atom. The summed E-state index contributed by atoms with van der Waals surface area (Å²) in [7, 11) is -3.04. The molecule has 2 fully saturated rings. The van der Waals surface area contributed by atoms with E-state index < -0.39 is 10.0 Å². The summed E-state index contributed by atoms with van der Waals surface area (Å²) in [5, 5.41) is 3.64. The molecule has 1 saturated heterocycles. The van der Waals surface area contributed by atoms with Crippen molar-refractivity contribution in [2.75, 3.05) is 13.1 Å². The Morgan fingerprint density at radius 2 is 2.19 bits per heavy atom. The second kappa shape index (κ2) is 3.53. The van der Waals surface area contributed by atoms with Gasteiger partial charge in [-0.1, -0.05) is 5.16 Å². The first-order valence-electron chi connectivity index (χ1n) is 5.43. The lowest BCUT2D eigenvalue weighted by molar-refractivity contribution is 0.403. The van der Waals surface area contributed by atoms with E-state index in [-0.39, 0.29) is 11.2 Å². The van der Waals surface area contributed by atoms with Crippen LogP contribution in [0.5, 0.6) is 0 Å². The second-order valence-electron chi connectivity index (χ2n) is 4.38. The molecule has 1 atom stereocenters. The van der Waals surface area contributed by atoms with E-state index in [0.29, 0.717) is 18.9 Å². The van der Waals surface area contributed by atoms with Crippen LogP contribution in [-0.4, -0.2) is 41.2 Å². The third-order valence-corrected chi connectivity index (χ3v) is 5.57. The van der Waals surface area contributed by atoms with Crippen LogP contribution in [0.3, 0.4) is 0 Å². The lowest BCUT2D eigenvalue weighted by Crippen LogP contribution is -2.31. The van der Waals surface area contributed by atoms with Crippen LogP contribution in [-0.2, 0) is 10.0 Å². The molecule has 0 N–H and O–H groups in total. The first kappa shape index (κ1) is 10.2. The van der Waals surface area contributed by atoms with Crippen molar-refractivity contribution in [3.05, 3.63) is 12.2 Å². The normalized spacial score (nSPS) is 27.4. The number of sulfonamides is 1. The Bertz CT molecular complexity index is 466. The van der Waals surface area contributed by atoms with Crippen LogP contribution in [0.25, 0.3) is 0 Å². The molecule has 0 radical (unpaired) electrons. The topological polar surface area (TPSA) is 76.3 Å². The van der Waals surface area contributed by atoms with Gasteiger partial charge in [-0.2, -0.15) is 4.98 Å². The van der Waals surface area contributed by atoms with Crippen molar-refractivity contribution in [3.63, 3.8) is 0 Å². The molecule has 2 heterocycles. The van der Waals surface area contributed by atoms with Gasteiger partial charge in [0.05, 0.1) is 5.25 Å². The minimum Gasteiger partial charge on any atom is -0.343 e. The molecule has 1 aliphatic heterocycles. The second-order valence-corrected chi connectivity index (χ2v) is 6.59. The lowest BCUT2D eigenvalue weighted by atomic mass is 10.1. The van der Waals surface area contributed by atoms with E-state index in [1.165, 1.54) is 6.39 Å². The SMILES string of the molecule is O=S(=O)(C1CC1)N1CC[C@H](c2ncon2)C1. The molecule has 3 rings (SSSR count). The molecule has 7 heteroatoms. The van der Waals surface area contributed by atoms with Gasteiger partial charge in [-0.15, -0.1) is 0 Å². The van der Waals surface area contributed by atoms with Gasteiger partial charge in [-0.05, 0) is 19.3 Å². The van der Waals surface area contributed by atoms with Gasteiger partial charge in [0.2, 0.25) is 16.4 Å². The van der Waals surface area contributed by atoms with Crippen LogP contribution in [0.1, 0.15) is 31.0 Å². The molecule has 0 unspecified atom stereocenters. The highest BCUT2D eigenvalue weighted by Gasteiger charge is 2.43. The van der Waals surface area contributed by atoms with Crippen molar-refractivity contribution in [2.45, 2.75) is 30.4 Å². The van der Waals surface area contributed by atoms with Crippen molar-refractivity contribution in [2.24, 2.45) is 0 Å². The van der Waals surface area contributed by atoms with Gasteiger partial charge in [0.25, 0.3) is 0 Å². The van der Waals surface area contributed by atoms with Gasteiger partial charge in [0.15, 0.2) is 5.82 Å². The summed E-state index contributed by atoms with van der Waals surface area (Å²) >= 11 is 0. The molecule has 1 aromatic rings. The van der Waals surface area contributed by atoms with Gasteiger partial charge >= 0.3 is 0 Å². The van der Waals surface area contributed by atoms with E-state index in [2.05, 4.69) is 14.7 Å².